The van der Waals surface area contributed by atoms with Crippen LogP contribution >= 0.6 is 11.6 Å². The van der Waals surface area contributed by atoms with Gasteiger partial charge in [-0.25, -0.2) is 0 Å². The first-order valence-electron chi connectivity index (χ1n) is 5.14. The summed E-state index contributed by atoms with van der Waals surface area (Å²) >= 11 is 5.39. The topological polar surface area (TPSA) is 29.5 Å². The predicted molar refractivity (Wildman–Crippen MR) is 65.1 cm³/mol. The summed E-state index contributed by atoms with van der Waals surface area (Å²) in [6, 6.07) is 5.97. The molecule has 0 N–H and O–H groups in total. The molecule has 4 heteroatoms. The van der Waals surface area contributed by atoms with E-state index in [9.17, 15) is 4.79 Å². The van der Waals surface area contributed by atoms with Crippen LogP contribution < -0.4 is 4.74 Å². The number of rotatable bonds is 4. The molecule has 0 saturated heterocycles. The van der Waals surface area contributed by atoms with Crippen LogP contribution in [-0.2, 0) is 13.0 Å². The van der Waals surface area contributed by atoms with E-state index in [0.29, 0.717) is 6.54 Å². The number of nitrogens with zero attached hydrogens (tertiary/aromatic N) is 1. The van der Waals surface area contributed by atoms with Gasteiger partial charge in [0.25, 0.3) is 0 Å². The van der Waals surface area contributed by atoms with Crippen LogP contribution in [0, 0.1) is 0 Å². The van der Waals surface area contributed by atoms with Crippen LogP contribution in [0.2, 0.25) is 0 Å². The van der Waals surface area contributed by atoms with Crippen LogP contribution in [0.3, 0.4) is 0 Å². The summed E-state index contributed by atoms with van der Waals surface area (Å²) in [5, 5.41) is -0.469. The van der Waals surface area contributed by atoms with Crippen molar-refractivity contribution < 1.29 is 9.53 Å². The van der Waals surface area contributed by atoms with Crippen molar-refractivity contribution in [3.63, 3.8) is 0 Å². The largest absolute Gasteiger partial charge is 0.496 e. The Hall–Kier alpha value is -1.22. The minimum absolute atomic E-state index is 0.458. The average molecular weight is 242 g/mol. The summed E-state index contributed by atoms with van der Waals surface area (Å²) in [7, 11) is 3.28. The third-order valence-electron chi connectivity index (χ3n) is 2.46. The van der Waals surface area contributed by atoms with Crippen LogP contribution in [0.1, 0.15) is 18.1 Å². The fourth-order valence-corrected chi connectivity index (χ4v) is 1.55. The van der Waals surface area contributed by atoms with E-state index in [-0.39, 0.29) is 0 Å². The first-order valence-corrected chi connectivity index (χ1v) is 5.52. The lowest BCUT2D eigenvalue weighted by atomic mass is 10.1. The lowest BCUT2D eigenvalue weighted by molar-refractivity contribution is 0.230. The Morgan fingerprint density at radius 3 is 2.69 bits per heavy atom. The van der Waals surface area contributed by atoms with Crippen molar-refractivity contribution >= 4 is 17.0 Å². The summed E-state index contributed by atoms with van der Waals surface area (Å²) in [5.41, 5.74) is 2.18. The highest BCUT2D eigenvalue weighted by Crippen LogP contribution is 2.21. The molecule has 0 aromatic heterocycles. The van der Waals surface area contributed by atoms with Gasteiger partial charge in [-0.3, -0.25) is 4.79 Å². The molecular formula is C12H16ClNO2. The maximum absolute atomic E-state index is 11.0. The zero-order chi connectivity index (χ0) is 12.1. The van der Waals surface area contributed by atoms with Crippen molar-refractivity contribution in [1.29, 1.82) is 0 Å². The van der Waals surface area contributed by atoms with E-state index >= 15 is 0 Å². The van der Waals surface area contributed by atoms with E-state index in [2.05, 4.69) is 6.92 Å². The number of benzene rings is 1. The molecule has 0 unspecified atom stereocenters. The number of hydrogen-bond donors (Lipinski definition) is 0. The van der Waals surface area contributed by atoms with Gasteiger partial charge in [-0.05, 0) is 29.7 Å². The summed E-state index contributed by atoms with van der Waals surface area (Å²) in [5.74, 6) is 0.780. The molecule has 3 nitrogen and oxygen atoms in total. The van der Waals surface area contributed by atoms with Gasteiger partial charge in [-0.15, -0.1) is 0 Å². The van der Waals surface area contributed by atoms with Gasteiger partial charge in [-0.1, -0.05) is 19.1 Å². The monoisotopic (exact) mass is 241 g/mol. The molecule has 0 spiro atoms. The maximum atomic E-state index is 11.0. The standard InChI is InChI=1S/C12H16ClNO2/c1-4-9-5-6-11(16-3)10(7-9)8-14(2)12(13)15/h5-7H,4,8H2,1-3H3. The third kappa shape index (κ3) is 3.14. The number of methoxy groups -OCH3 is 1. The summed E-state index contributed by atoms with van der Waals surface area (Å²) < 4.78 is 5.24. The van der Waals surface area contributed by atoms with E-state index < -0.39 is 5.37 Å². The number of hydrogen-bond acceptors (Lipinski definition) is 2. The lowest BCUT2D eigenvalue weighted by Gasteiger charge is -2.16. The van der Waals surface area contributed by atoms with Gasteiger partial charge in [0, 0.05) is 12.6 Å². The van der Waals surface area contributed by atoms with Crippen LogP contribution in [-0.4, -0.2) is 24.4 Å². The van der Waals surface area contributed by atoms with Gasteiger partial charge >= 0.3 is 5.37 Å². The molecule has 0 aliphatic carbocycles. The molecule has 0 radical (unpaired) electrons. The first-order chi connectivity index (χ1) is 7.58. The molecule has 0 aliphatic rings. The highest BCUT2D eigenvalue weighted by molar-refractivity contribution is 6.62. The zero-order valence-electron chi connectivity index (χ0n) is 9.79. The number of carbonyl (C=O) groups is 1. The highest BCUT2D eigenvalue weighted by Gasteiger charge is 2.10. The second kappa shape index (κ2) is 5.75. The van der Waals surface area contributed by atoms with Crippen molar-refractivity contribution in [1.82, 2.24) is 4.90 Å². The molecule has 1 aromatic carbocycles. The Labute approximate surface area is 101 Å². The van der Waals surface area contributed by atoms with Gasteiger partial charge in [0.1, 0.15) is 5.75 Å². The second-order valence-electron chi connectivity index (χ2n) is 3.61. The molecule has 1 rings (SSSR count). The van der Waals surface area contributed by atoms with Crippen molar-refractivity contribution in [2.45, 2.75) is 19.9 Å². The summed E-state index contributed by atoms with van der Waals surface area (Å²) in [6.45, 7) is 2.54. The molecule has 16 heavy (non-hydrogen) atoms. The summed E-state index contributed by atoms with van der Waals surface area (Å²) in [6.07, 6.45) is 0.954. The minimum Gasteiger partial charge on any atom is -0.496 e. The van der Waals surface area contributed by atoms with E-state index in [1.54, 1.807) is 14.2 Å². The third-order valence-corrected chi connectivity index (χ3v) is 2.75. The van der Waals surface area contributed by atoms with Gasteiger partial charge < -0.3 is 9.64 Å². The Bertz CT molecular complexity index is 379. The molecule has 0 aliphatic heterocycles. The van der Waals surface area contributed by atoms with Crippen molar-refractivity contribution in [2.24, 2.45) is 0 Å². The van der Waals surface area contributed by atoms with Crippen LogP contribution in [0.4, 0.5) is 4.79 Å². The Balaban J connectivity index is 2.95. The zero-order valence-corrected chi connectivity index (χ0v) is 10.5. The molecule has 1 aromatic rings. The van der Waals surface area contributed by atoms with Gasteiger partial charge in [-0.2, -0.15) is 0 Å². The number of amides is 1. The molecule has 1 amide bonds. The van der Waals surface area contributed by atoms with Crippen molar-refractivity contribution in [3.05, 3.63) is 29.3 Å². The summed E-state index contributed by atoms with van der Waals surface area (Å²) in [4.78, 5) is 12.4. The van der Waals surface area contributed by atoms with Crippen LogP contribution in [0.25, 0.3) is 0 Å². The fraction of sp³-hybridized carbons (Fsp3) is 0.417. The molecule has 0 bridgehead atoms. The highest BCUT2D eigenvalue weighted by atomic mass is 35.5. The Morgan fingerprint density at radius 1 is 1.50 bits per heavy atom. The van der Waals surface area contributed by atoms with Crippen LogP contribution in [0.15, 0.2) is 18.2 Å². The maximum Gasteiger partial charge on any atom is 0.316 e. The number of ether oxygens (including phenoxy) is 1. The van der Waals surface area contributed by atoms with E-state index in [4.69, 9.17) is 16.3 Å². The first kappa shape index (κ1) is 12.8. The minimum atomic E-state index is -0.469. The SMILES string of the molecule is CCc1ccc(OC)c(CN(C)C(=O)Cl)c1. The normalized spacial score (nSPS) is 10.0. The fourth-order valence-electron chi connectivity index (χ4n) is 1.49. The average Bonchev–Trinajstić information content (AvgIpc) is 2.28. The van der Waals surface area contributed by atoms with Gasteiger partial charge in [0.05, 0.1) is 13.7 Å². The van der Waals surface area contributed by atoms with E-state index in [1.807, 2.05) is 18.2 Å². The molecule has 0 saturated carbocycles. The Morgan fingerprint density at radius 2 is 2.19 bits per heavy atom. The molecular weight excluding hydrogens is 226 g/mol. The molecule has 88 valence electrons. The van der Waals surface area contributed by atoms with Crippen molar-refractivity contribution in [3.8, 4) is 5.75 Å². The predicted octanol–water partition coefficient (Wildman–Crippen LogP) is 3.05. The quantitative estimate of drug-likeness (QED) is 0.599. The molecule has 0 heterocycles. The van der Waals surface area contributed by atoms with Crippen molar-refractivity contribution in [2.75, 3.05) is 14.2 Å². The number of halogens is 1. The second-order valence-corrected chi connectivity index (χ2v) is 3.93. The number of carbonyl (C=O) groups excluding carboxylic acids is 1. The van der Waals surface area contributed by atoms with E-state index in [0.717, 1.165) is 17.7 Å². The van der Waals surface area contributed by atoms with Crippen LogP contribution in [0.5, 0.6) is 5.75 Å². The lowest BCUT2D eigenvalue weighted by Crippen LogP contribution is -2.20. The van der Waals surface area contributed by atoms with E-state index in [1.165, 1.54) is 10.5 Å². The molecule has 0 fully saturated rings. The number of aryl methyl sites for hydroxylation is 1. The van der Waals surface area contributed by atoms with Gasteiger partial charge in [0.2, 0.25) is 0 Å². The Kier molecular flexibility index (Phi) is 4.62. The smallest absolute Gasteiger partial charge is 0.316 e. The molecule has 0 atom stereocenters. The van der Waals surface area contributed by atoms with Gasteiger partial charge in [0.15, 0.2) is 0 Å².